The van der Waals surface area contributed by atoms with Crippen molar-refractivity contribution in [1.82, 2.24) is 0 Å². The largest absolute Gasteiger partial charge is 0.573 e. The summed E-state index contributed by atoms with van der Waals surface area (Å²) in [4.78, 5) is 0.163. The SMILES string of the molecule is CC(C)c1ccc(S(=O)(=O)Nc2ccc(-c3ccc(OC(F)(F)F)cc3)cc2)cc1. The van der Waals surface area contributed by atoms with Crippen molar-refractivity contribution in [3.63, 3.8) is 0 Å². The van der Waals surface area contributed by atoms with Crippen LogP contribution in [-0.4, -0.2) is 14.8 Å². The van der Waals surface area contributed by atoms with Crippen LogP contribution in [0.5, 0.6) is 5.75 Å². The molecule has 0 saturated carbocycles. The number of halogens is 3. The Bertz CT molecular complexity index is 1090. The fourth-order valence-electron chi connectivity index (χ4n) is 2.83. The molecule has 0 aromatic heterocycles. The molecular formula is C22H20F3NO3S. The third kappa shape index (κ3) is 5.54. The summed E-state index contributed by atoms with van der Waals surface area (Å²) >= 11 is 0. The first-order valence-corrected chi connectivity index (χ1v) is 10.6. The lowest BCUT2D eigenvalue weighted by Gasteiger charge is -2.11. The predicted octanol–water partition coefficient (Wildman–Crippen LogP) is 6.18. The molecule has 3 aromatic rings. The zero-order valence-electron chi connectivity index (χ0n) is 16.3. The van der Waals surface area contributed by atoms with Gasteiger partial charge in [0.05, 0.1) is 4.90 Å². The monoisotopic (exact) mass is 435 g/mol. The van der Waals surface area contributed by atoms with Gasteiger partial charge in [-0.25, -0.2) is 8.42 Å². The molecule has 0 heterocycles. The number of anilines is 1. The Balaban J connectivity index is 1.72. The highest BCUT2D eigenvalue weighted by molar-refractivity contribution is 7.92. The molecule has 0 unspecified atom stereocenters. The van der Waals surface area contributed by atoms with Crippen LogP contribution < -0.4 is 9.46 Å². The zero-order valence-corrected chi connectivity index (χ0v) is 17.1. The lowest BCUT2D eigenvalue weighted by atomic mass is 10.0. The van der Waals surface area contributed by atoms with Crippen molar-refractivity contribution < 1.29 is 26.3 Å². The van der Waals surface area contributed by atoms with Gasteiger partial charge in [0.2, 0.25) is 0 Å². The van der Waals surface area contributed by atoms with E-state index in [0.717, 1.165) is 11.1 Å². The van der Waals surface area contributed by atoms with E-state index in [9.17, 15) is 21.6 Å². The summed E-state index contributed by atoms with van der Waals surface area (Å²) in [5.74, 6) is -0.00420. The summed E-state index contributed by atoms with van der Waals surface area (Å²) < 4.78 is 68.3. The maximum absolute atomic E-state index is 12.6. The van der Waals surface area contributed by atoms with Gasteiger partial charge in [0.25, 0.3) is 10.0 Å². The van der Waals surface area contributed by atoms with Crippen LogP contribution in [0.3, 0.4) is 0 Å². The van der Waals surface area contributed by atoms with Gasteiger partial charge in [-0.2, -0.15) is 0 Å². The fraction of sp³-hybridized carbons (Fsp3) is 0.182. The normalized spacial score (nSPS) is 12.1. The van der Waals surface area contributed by atoms with Crippen LogP contribution >= 0.6 is 0 Å². The number of rotatable bonds is 6. The van der Waals surface area contributed by atoms with Gasteiger partial charge < -0.3 is 4.74 Å². The Hall–Kier alpha value is -3.00. The van der Waals surface area contributed by atoms with Crippen LogP contribution in [0.25, 0.3) is 11.1 Å². The molecule has 3 aromatic carbocycles. The number of ether oxygens (including phenoxy) is 1. The molecule has 0 aliphatic heterocycles. The number of alkyl halides is 3. The number of nitrogens with one attached hydrogen (secondary N) is 1. The highest BCUT2D eigenvalue weighted by Gasteiger charge is 2.30. The summed E-state index contributed by atoms with van der Waals surface area (Å²) in [6.45, 7) is 4.06. The van der Waals surface area contributed by atoms with Crippen LogP contribution in [-0.2, 0) is 10.0 Å². The average molecular weight is 435 g/mol. The first-order valence-electron chi connectivity index (χ1n) is 9.12. The molecule has 1 N–H and O–H groups in total. The lowest BCUT2D eigenvalue weighted by Crippen LogP contribution is -2.16. The van der Waals surface area contributed by atoms with E-state index in [-0.39, 0.29) is 10.6 Å². The van der Waals surface area contributed by atoms with Gasteiger partial charge in [0.1, 0.15) is 5.75 Å². The van der Waals surface area contributed by atoms with Crippen LogP contribution in [0.2, 0.25) is 0 Å². The van der Waals surface area contributed by atoms with E-state index < -0.39 is 16.4 Å². The van der Waals surface area contributed by atoms with Crippen molar-refractivity contribution >= 4 is 15.7 Å². The first kappa shape index (κ1) is 21.7. The lowest BCUT2D eigenvalue weighted by molar-refractivity contribution is -0.274. The van der Waals surface area contributed by atoms with E-state index in [4.69, 9.17) is 0 Å². The minimum Gasteiger partial charge on any atom is -0.406 e. The minimum atomic E-state index is -4.74. The Morgan fingerprint density at radius 2 is 1.30 bits per heavy atom. The number of hydrogen-bond donors (Lipinski definition) is 1. The second-order valence-corrected chi connectivity index (χ2v) is 8.66. The van der Waals surface area contributed by atoms with Crippen molar-refractivity contribution in [2.24, 2.45) is 0 Å². The molecule has 0 atom stereocenters. The van der Waals surface area contributed by atoms with E-state index in [2.05, 4.69) is 9.46 Å². The molecule has 158 valence electrons. The average Bonchev–Trinajstić information content (AvgIpc) is 2.68. The van der Waals surface area contributed by atoms with Crippen LogP contribution in [0.15, 0.2) is 77.7 Å². The van der Waals surface area contributed by atoms with Gasteiger partial charge in [-0.05, 0) is 59.0 Å². The Kier molecular flexibility index (Phi) is 6.07. The number of benzene rings is 3. The second kappa shape index (κ2) is 8.39. The Morgan fingerprint density at radius 3 is 1.77 bits per heavy atom. The minimum absolute atomic E-state index is 0.163. The molecule has 0 spiro atoms. The Morgan fingerprint density at radius 1 is 0.800 bits per heavy atom. The van der Waals surface area contributed by atoms with E-state index in [1.165, 1.54) is 24.3 Å². The summed E-state index contributed by atoms with van der Waals surface area (Å²) in [7, 11) is -3.73. The Labute approximate surface area is 173 Å². The highest BCUT2D eigenvalue weighted by Crippen LogP contribution is 2.28. The standard InChI is InChI=1S/C22H20F3NO3S/c1-15(2)16-7-13-21(14-8-16)30(27,28)26-19-9-3-17(4-10-19)18-5-11-20(12-6-18)29-22(23,24)25/h3-15,26H,1-2H3. The summed E-state index contributed by atoms with van der Waals surface area (Å²) in [6, 6.07) is 18.7. The molecule has 0 aliphatic rings. The van der Waals surface area contributed by atoms with Crippen LogP contribution in [0.1, 0.15) is 25.3 Å². The van der Waals surface area contributed by atoms with Gasteiger partial charge in [-0.15, -0.1) is 13.2 Å². The third-order valence-electron chi connectivity index (χ3n) is 4.42. The summed E-state index contributed by atoms with van der Waals surface area (Å²) in [5.41, 5.74) is 2.81. The van der Waals surface area contributed by atoms with E-state index in [1.54, 1.807) is 48.5 Å². The van der Waals surface area contributed by atoms with E-state index in [1.807, 2.05) is 13.8 Å². The van der Waals surface area contributed by atoms with E-state index in [0.29, 0.717) is 17.2 Å². The van der Waals surface area contributed by atoms with Crippen molar-refractivity contribution in [2.75, 3.05) is 4.72 Å². The predicted molar refractivity (Wildman–Crippen MR) is 110 cm³/mol. The van der Waals surface area contributed by atoms with E-state index >= 15 is 0 Å². The summed E-state index contributed by atoms with van der Waals surface area (Å²) in [5, 5.41) is 0. The van der Waals surface area contributed by atoms with Crippen LogP contribution in [0.4, 0.5) is 18.9 Å². The molecule has 0 saturated heterocycles. The van der Waals surface area contributed by atoms with Crippen molar-refractivity contribution in [3.8, 4) is 16.9 Å². The van der Waals surface area contributed by atoms with Gasteiger partial charge in [-0.3, -0.25) is 4.72 Å². The highest BCUT2D eigenvalue weighted by atomic mass is 32.2. The summed E-state index contributed by atoms with van der Waals surface area (Å²) in [6.07, 6.45) is -4.74. The van der Waals surface area contributed by atoms with Gasteiger partial charge in [0.15, 0.2) is 0 Å². The first-order chi connectivity index (χ1) is 14.0. The maximum Gasteiger partial charge on any atom is 0.573 e. The fourth-order valence-corrected chi connectivity index (χ4v) is 3.88. The molecule has 0 bridgehead atoms. The zero-order chi connectivity index (χ0) is 21.9. The van der Waals surface area contributed by atoms with Crippen LogP contribution in [0, 0.1) is 0 Å². The molecular weight excluding hydrogens is 415 g/mol. The van der Waals surface area contributed by atoms with Crippen molar-refractivity contribution in [1.29, 1.82) is 0 Å². The smallest absolute Gasteiger partial charge is 0.406 e. The molecule has 30 heavy (non-hydrogen) atoms. The molecule has 4 nitrogen and oxygen atoms in total. The number of sulfonamides is 1. The third-order valence-corrected chi connectivity index (χ3v) is 5.81. The molecule has 0 radical (unpaired) electrons. The van der Waals surface area contributed by atoms with Gasteiger partial charge in [-0.1, -0.05) is 50.2 Å². The van der Waals surface area contributed by atoms with Crippen molar-refractivity contribution in [3.05, 3.63) is 78.4 Å². The van der Waals surface area contributed by atoms with Crippen molar-refractivity contribution in [2.45, 2.75) is 31.0 Å². The molecule has 8 heteroatoms. The van der Waals surface area contributed by atoms with Gasteiger partial charge in [0, 0.05) is 5.69 Å². The maximum atomic E-state index is 12.6. The molecule has 0 amide bonds. The quantitative estimate of drug-likeness (QED) is 0.503. The number of hydrogen-bond acceptors (Lipinski definition) is 3. The molecule has 0 fully saturated rings. The molecule has 0 aliphatic carbocycles. The molecule has 3 rings (SSSR count). The second-order valence-electron chi connectivity index (χ2n) is 6.98. The topological polar surface area (TPSA) is 55.4 Å². The van der Waals surface area contributed by atoms with Gasteiger partial charge >= 0.3 is 6.36 Å².